The van der Waals surface area contributed by atoms with E-state index >= 15 is 0 Å². The number of amides is 1. The minimum absolute atomic E-state index is 0.327. The molecule has 2 fully saturated rings. The number of morpholine rings is 1. The van der Waals surface area contributed by atoms with Gasteiger partial charge in [0.15, 0.2) is 11.5 Å². The molecular formula is C29H37N7O4. The Bertz CT molecular complexity index is 1410. The van der Waals surface area contributed by atoms with E-state index in [0.717, 1.165) is 75.7 Å². The molecule has 2 aliphatic heterocycles. The third-order valence-corrected chi connectivity index (χ3v) is 7.80. The molecule has 11 nitrogen and oxygen atoms in total. The van der Waals surface area contributed by atoms with Crippen LogP contribution in [0.4, 0.5) is 11.6 Å². The van der Waals surface area contributed by atoms with E-state index in [9.17, 15) is 4.79 Å². The summed E-state index contributed by atoms with van der Waals surface area (Å²) in [7, 11) is 1.61. The van der Waals surface area contributed by atoms with Gasteiger partial charge in [-0.2, -0.15) is 4.99 Å². The second-order valence-corrected chi connectivity index (χ2v) is 10.5. The second-order valence-electron chi connectivity index (χ2n) is 10.5. The quantitative estimate of drug-likeness (QED) is 0.390. The number of nitrogens with one attached hydrogen (secondary N) is 2. The molecule has 40 heavy (non-hydrogen) atoms. The number of benzene rings is 1. The number of pyridine rings is 1. The minimum Gasteiger partial charge on any atom is -0.491 e. The van der Waals surface area contributed by atoms with Crippen LogP contribution in [0, 0.1) is 0 Å². The highest BCUT2D eigenvalue weighted by atomic mass is 16.5. The Morgan fingerprint density at radius 3 is 2.80 bits per heavy atom. The van der Waals surface area contributed by atoms with Crippen molar-refractivity contribution in [3.63, 3.8) is 0 Å². The number of carbonyl (C=O) groups is 1. The number of nitrogens with zero attached hydrogens (tertiary/aromatic N) is 5. The first-order valence-electron chi connectivity index (χ1n) is 14.3. The number of hydrogen-bond donors (Lipinski definition) is 2. The molecule has 0 atom stereocenters. The zero-order valence-electron chi connectivity index (χ0n) is 23.0. The van der Waals surface area contributed by atoms with E-state index in [1.807, 2.05) is 22.8 Å². The zero-order chi connectivity index (χ0) is 27.3. The minimum atomic E-state index is -0.386. The summed E-state index contributed by atoms with van der Waals surface area (Å²) in [6, 6.07) is 7.98. The van der Waals surface area contributed by atoms with E-state index in [0.29, 0.717) is 47.4 Å². The molecule has 3 aromatic rings. The summed E-state index contributed by atoms with van der Waals surface area (Å²) >= 11 is 0. The maximum absolute atomic E-state index is 13.2. The lowest BCUT2D eigenvalue weighted by Gasteiger charge is -2.26. The van der Waals surface area contributed by atoms with Gasteiger partial charge >= 0.3 is 0 Å². The molecule has 4 heterocycles. The average molecular weight is 548 g/mol. The summed E-state index contributed by atoms with van der Waals surface area (Å²) in [6.45, 7) is 6.41. The highest BCUT2D eigenvalue weighted by Crippen LogP contribution is 2.37. The van der Waals surface area contributed by atoms with Crippen LogP contribution in [0.1, 0.15) is 42.5 Å². The summed E-state index contributed by atoms with van der Waals surface area (Å²) in [5.74, 6) is 2.42. The Morgan fingerprint density at radius 1 is 1.18 bits per heavy atom. The predicted octanol–water partition coefficient (Wildman–Crippen LogP) is 3.06. The molecule has 3 aliphatic rings. The van der Waals surface area contributed by atoms with Gasteiger partial charge in [-0.3, -0.25) is 14.3 Å². The Hall–Kier alpha value is -3.70. The van der Waals surface area contributed by atoms with Crippen LogP contribution < -0.4 is 25.7 Å². The number of ether oxygens (including phenoxy) is 3. The lowest BCUT2D eigenvalue weighted by Crippen LogP contribution is -2.37. The molecular weight excluding hydrogens is 510 g/mol. The smallest absolute Gasteiger partial charge is 0.281 e. The van der Waals surface area contributed by atoms with E-state index in [2.05, 4.69) is 25.5 Å². The summed E-state index contributed by atoms with van der Waals surface area (Å²) in [4.78, 5) is 29.2. The zero-order valence-corrected chi connectivity index (χ0v) is 23.0. The third-order valence-electron chi connectivity index (χ3n) is 7.80. The van der Waals surface area contributed by atoms with Gasteiger partial charge in [0, 0.05) is 50.3 Å². The molecule has 1 amide bonds. The molecule has 11 heteroatoms. The maximum atomic E-state index is 13.2. The molecule has 0 spiro atoms. The van der Waals surface area contributed by atoms with Gasteiger partial charge in [0.25, 0.3) is 5.91 Å². The van der Waals surface area contributed by atoms with Crippen molar-refractivity contribution in [2.24, 2.45) is 4.99 Å². The van der Waals surface area contributed by atoms with Gasteiger partial charge in [-0.15, -0.1) is 0 Å². The first kappa shape index (κ1) is 26.5. The monoisotopic (exact) mass is 547 g/mol. The Morgan fingerprint density at radius 2 is 2.02 bits per heavy atom. The van der Waals surface area contributed by atoms with Crippen LogP contribution >= 0.6 is 0 Å². The van der Waals surface area contributed by atoms with Crippen LogP contribution in [0.15, 0.2) is 35.5 Å². The molecule has 1 saturated carbocycles. The summed E-state index contributed by atoms with van der Waals surface area (Å²) in [6.07, 6.45) is 7.29. The molecule has 0 radical (unpaired) electrons. The van der Waals surface area contributed by atoms with Gasteiger partial charge in [-0.25, -0.2) is 9.97 Å². The lowest BCUT2D eigenvalue weighted by molar-refractivity contribution is 0.0357. The van der Waals surface area contributed by atoms with E-state index < -0.39 is 0 Å². The second kappa shape index (κ2) is 12.2. The van der Waals surface area contributed by atoms with Crippen molar-refractivity contribution in [1.82, 2.24) is 19.4 Å². The molecule has 6 rings (SSSR count). The molecule has 2 N–H and O–H groups in total. The molecule has 212 valence electrons. The Kier molecular flexibility index (Phi) is 8.10. The van der Waals surface area contributed by atoms with E-state index in [1.54, 1.807) is 19.4 Å². The fraction of sp³-hybridized carbons (Fsp3) is 0.517. The number of carbonyl (C=O) groups excluding carboxylic acids is 1. The van der Waals surface area contributed by atoms with Crippen LogP contribution in [-0.2, 0) is 11.3 Å². The van der Waals surface area contributed by atoms with E-state index in [-0.39, 0.29) is 5.91 Å². The van der Waals surface area contributed by atoms with Gasteiger partial charge in [-0.1, -0.05) is 12.8 Å². The van der Waals surface area contributed by atoms with Gasteiger partial charge in [0.05, 0.1) is 32.5 Å². The van der Waals surface area contributed by atoms with Crippen LogP contribution in [0.5, 0.6) is 11.5 Å². The topological polar surface area (TPSA) is 115 Å². The Balaban J connectivity index is 1.23. The fourth-order valence-corrected chi connectivity index (χ4v) is 5.68. The van der Waals surface area contributed by atoms with Crippen molar-refractivity contribution >= 4 is 28.4 Å². The summed E-state index contributed by atoms with van der Waals surface area (Å²) in [5.41, 5.74) is 1.35. The van der Waals surface area contributed by atoms with Crippen molar-refractivity contribution < 1.29 is 19.0 Å². The van der Waals surface area contributed by atoms with Crippen LogP contribution in [0.25, 0.3) is 10.9 Å². The van der Waals surface area contributed by atoms with Crippen LogP contribution in [-0.4, -0.2) is 84.5 Å². The lowest BCUT2D eigenvalue weighted by atomic mass is 10.2. The number of rotatable bonds is 9. The molecule has 1 saturated heterocycles. The molecule has 0 unspecified atom stereocenters. The Labute approximate surface area is 233 Å². The number of fused-ring (bicyclic) bond motifs is 3. The maximum Gasteiger partial charge on any atom is 0.281 e. The number of methoxy groups -OCH3 is 1. The van der Waals surface area contributed by atoms with E-state index in [1.165, 1.54) is 12.8 Å². The normalized spacial score (nSPS) is 18.1. The molecule has 1 aliphatic carbocycles. The number of aromatic nitrogens is 3. The first-order valence-corrected chi connectivity index (χ1v) is 14.3. The average Bonchev–Trinajstić information content (AvgIpc) is 3.69. The standard InChI is InChI=1S/C29H37N7O4/c1-38-26-23(40-16-4-12-35-14-17-39-18-15-35)9-8-22-25(26)33-29(36-13-11-30-27(22)36)34-28(37)20-7-10-24(31-19-20)32-21-5-2-3-6-21/h7-10,19,21,30H,2-6,11-18H2,1H3,(H,31,32). The molecule has 0 bridgehead atoms. The SMILES string of the molecule is COc1c(OCCCN2CCOCC2)ccc2c3n(c(=NC(=O)c4ccc(NC5CCCC5)nc4)nc12)CCN3. The number of anilines is 2. The number of hydrogen-bond acceptors (Lipinski definition) is 9. The molecule has 1 aromatic carbocycles. The molecule has 2 aromatic heterocycles. The van der Waals surface area contributed by atoms with Gasteiger partial charge in [0.1, 0.15) is 17.2 Å². The van der Waals surface area contributed by atoms with Crippen molar-refractivity contribution in [1.29, 1.82) is 0 Å². The largest absolute Gasteiger partial charge is 0.491 e. The fourth-order valence-electron chi connectivity index (χ4n) is 5.68. The van der Waals surface area contributed by atoms with Crippen LogP contribution in [0.3, 0.4) is 0 Å². The van der Waals surface area contributed by atoms with Gasteiger partial charge in [-0.05, 0) is 43.5 Å². The highest BCUT2D eigenvalue weighted by molar-refractivity contribution is 5.96. The highest BCUT2D eigenvalue weighted by Gasteiger charge is 2.21. The van der Waals surface area contributed by atoms with Gasteiger partial charge in [0.2, 0.25) is 5.62 Å². The van der Waals surface area contributed by atoms with Crippen molar-refractivity contribution in [2.45, 2.75) is 44.7 Å². The van der Waals surface area contributed by atoms with Crippen LogP contribution in [0.2, 0.25) is 0 Å². The van der Waals surface area contributed by atoms with Crippen molar-refractivity contribution in [3.8, 4) is 11.5 Å². The van der Waals surface area contributed by atoms with Gasteiger partial charge < -0.3 is 24.8 Å². The predicted molar refractivity (Wildman–Crippen MR) is 152 cm³/mol. The first-order chi connectivity index (χ1) is 19.7. The summed E-state index contributed by atoms with van der Waals surface area (Å²) in [5, 5.41) is 7.76. The summed E-state index contributed by atoms with van der Waals surface area (Å²) < 4.78 is 19.3. The van der Waals surface area contributed by atoms with Crippen molar-refractivity contribution in [3.05, 3.63) is 41.6 Å². The third kappa shape index (κ3) is 5.75. The van der Waals surface area contributed by atoms with Crippen molar-refractivity contribution in [2.75, 3.05) is 63.7 Å². The van der Waals surface area contributed by atoms with E-state index in [4.69, 9.17) is 19.2 Å².